The number of carboxylic acids is 1. The lowest BCUT2D eigenvalue weighted by Gasteiger charge is -2.29. The first kappa shape index (κ1) is 12.7. The van der Waals surface area contributed by atoms with Crippen molar-refractivity contribution in [2.45, 2.75) is 39.2 Å². The van der Waals surface area contributed by atoms with Crippen LogP contribution < -0.4 is 5.11 Å². The van der Waals surface area contributed by atoms with Crippen molar-refractivity contribution >= 4 is 12.1 Å². The van der Waals surface area contributed by atoms with Crippen LogP contribution in [0.15, 0.2) is 4.99 Å². The highest BCUT2D eigenvalue weighted by Gasteiger charge is 2.03. The van der Waals surface area contributed by atoms with E-state index in [1.54, 1.807) is 20.8 Å². The summed E-state index contributed by atoms with van der Waals surface area (Å²) in [6, 6.07) is 0. The monoisotopic (exact) mass is 202 g/mol. The molecule has 0 aliphatic carbocycles. The van der Waals surface area contributed by atoms with Crippen LogP contribution in [0, 0.1) is 0 Å². The highest BCUT2D eigenvalue weighted by atomic mass is 16.6. The van der Waals surface area contributed by atoms with E-state index in [1.807, 2.05) is 0 Å². The van der Waals surface area contributed by atoms with Crippen LogP contribution in [0.3, 0.4) is 0 Å². The summed E-state index contributed by atoms with van der Waals surface area (Å²) in [4.78, 5) is 13.7. The summed E-state index contributed by atoms with van der Waals surface area (Å²) in [5.74, 6) is -0.885. The minimum absolute atomic E-state index is 0.0201. The number of carbonyl (C=O) groups is 1. The second-order valence-corrected chi connectivity index (χ2v) is 3.86. The minimum atomic E-state index is -0.885. The van der Waals surface area contributed by atoms with Gasteiger partial charge >= 0.3 is 5.97 Å². The van der Waals surface area contributed by atoms with Gasteiger partial charge in [0.25, 0.3) is 0 Å². The third-order valence-corrected chi connectivity index (χ3v) is 1.18. The van der Waals surface area contributed by atoms with E-state index in [0.717, 1.165) is 0 Å². The fourth-order valence-electron chi connectivity index (χ4n) is 0.695. The van der Waals surface area contributed by atoms with Gasteiger partial charge in [0.2, 0.25) is 0 Å². The zero-order valence-electron chi connectivity index (χ0n) is 8.74. The maximum atomic E-state index is 11.0. The topological polar surface area (TPSA) is 82.0 Å². The van der Waals surface area contributed by atoms with Crippen molar-refractivity contribution in [3.8, 4) is 0 Å². The van der Waals surface area contributed by atoms with Gasteiger partial charge < -0.3 is 14.9 Å². The maximum absolute atomic E-state index is 11.0. The Kier molecular flexibility index (Phi) is 4.97. The second-order valence-electron chi connectivity index (χ2n) is 3.86. The molecule has 0 bridgehead atoms. The third kappa shape index (κ3) is 8.83. The highest BCUT2D eigenvalue weighted by Crippen LogP contribution is 2.05. The average molecular weight is 202 g/mol. The molecule has 1 N–H and O–H groups in total. The van der Waals surface area contributed by atoms with Crippen LogP contribution in [0.5, 0.6) is 0 Å². The van der Waals surface area contributed by atoms with Gasteiger partial charge in [-0.1, -0.05) is 20.8 Å². The van der Waals surface area contributed by atoms with Crippen molar-refractivity contribution in [1.29, 1.82) is 0 Å². The van der Waals surface area contributed by atoms with Gasteiger partial charge in [0.05, 0.1) is 0 Å². The molecule has 0 atom stereocenters. The molecule has 0 saturated carbocycles. The summed E-state index contributed by atoms with van der Waals surface area (Å²) in [6.45, 7) is 5.44. The molecule has 0 aliphatic rings. The Labute approximate surface area is 83.4 Å². The van der Waals surface area contributed by atoms with Crippen LogP contribution >= 0.6 is 0 Å². The first-order valence-electron chi connectivity index (χ1n) is 4.43. The van der Waals surface area contributed by atoms with Gasteiger partial charge in [0, 0.05) is 18.6 Å². The fraction of sp³-hybridized carbons (Fsp3) is 0.778. The predicted molar refractivity (Wildman–Crippen MR) is 50.0 cm³/mol. The molecule has 0 aliphatic heterocycles. The summed E-state index contributed by atoms with van der Waals surface area (Å²) in [7, 11) is 0. The van der Waals surface area contributed by atoms with E-state index in [4.69, 9.17) is 9.84 Å². The summed E-state index contributed by atoms with van der Waals surface area (Å²) in [6.07, 6.45) is -0.260. The molecule has 0 spiro atoms. The molecule has 0 aromatic rings. The molecule has 5 nitrogen and oxygen atoms in total. The van der Waals surface area contributed by atoms with Gasteiger partial charge in [-0.3, -0.25) is 9.79 Å². The van der Waals surface area contributed by atoms with Crippen LogP contribution in [0.4, 0.5) is 0 Å². The average Bonchev–Trinajstić information content (AvgIpc) is 1.94. The Hall–Kier alpha value is -1.26. The molecule has 0 unspecified atom stereocenters. The summed E-state index contributed by atoms with van der Waals surface area (Å²) < 4.78 is 4.89. The molecule has 0 amide bonds. The first-order valence-corrected chi connectivity index (χ1v) is 4.43. The molecule has 0 aromatic heterocycles. The van der Waals surface area contributed by atoms with Gasteiger partial charge in [0.15, 0.2) is 0 Å². The van der Waals surface area contributed by atoms with E-state index in [-0.39, 0.29) is 13.0 Å². The van der Waals surface area contributed by atoms with E-state index < -0.39 is 17.7 Å². The standard InChI is InChI=1S/C9H17NO4/c1-9(2,3)14-8(13)10-6-4-5-7(11)12/h4-6H2,1-3H3,(H,10,13)(H,11,12)/p-1. The Morgan fingerprint density at radius 1 is 1.50 bits per heavy atom. The molecular weight excluding hydrogens is 186 g/mol. The number of hydrogen-bond acceptors (Lipinski definition) is 4. The SMILES string of the molecule is CC(C)(C)OC([O-])=NCCCC(=O)O. The molecule has 14 heavy (non-hydrogen) atoms. The van der Waals surface area contributed by atoms with Gasteiger partial charge in [-0.25, -0.2) is 0 Å². The van der Waals surface area contributed by atoms with Crippen molar-refractivity contribution in [2.75, 3.05) is 6.54 Å². The quantitative estimate of drug-likeness (QED) is 0.406. The highest BCUT2D eigenvalue weighted by molar-refractivity contribution is 5.66. The van der Waals surface area contributed by atoms with Crippen molar-refractivity contribution in [1.82, 2.24) is 0 Å². The van der Waals surface area contributed by atoms with E-state index >= 15 is 0 Å². The van der Waals surface area contributed by atoms with Crippen molar-refractivity contribution < 1.29 is 19.7 Å². The zero-order chi connectivity index (χ0) is 11.2. The molecule has 0 radical (unpaired) electrons. The molecule has 0 rings (SSSR count). The van der Waals surface area contributed by atoms with Crippen LogP contribution in [0.1, 0.15) is 33.6 Å². The summed E-state index contributed by atoms with van der Waals surface area (Å²) in [5.41, 5.74) is -0.548. The number of aliphatic carboxylic acids is 1. The maximum Gasteiger partial charge on any atom is 0.303 e. The smallest absolute Gasteiger partial charge is 0.303 e. The van der Waals surface area contributed by atoms with Crippen LogP contribution in [-0.4, -0.2) is 29.3 Å². The Bertz CT molecular complexity index is 217. The van der Waals surface area contributed by atoms with E-state index in [1.165, 1.54) is 0 Å². The minimum Gasteiger partial charge on any atom is -0.595 e. The molecule has 0 saturated heterocycles. The lowest BCUT2D eigenvalue weighted by Crippen LogP contribution is -2.32. The largest absolute Gasteiger partial charge is 0.595 e. The molecule has 0 heterocycles. The Morgan fingerprint density at radius 3 is 2.50 bits per heavy atom. The molecular formula is C9H16NO4-. The first-order chi connectivity index (χ1) is 6.31. The van der Waals surface area contributed by atoms with E-state index in [0.29, 0.717) is 6.42 Å². The zero-order valence-corrected chi connectivity index (χ0v) is 8.74. The fourth-order valence-corrected chi connectivity index (χ4v) is 0.695. The van der Waals surface area contributed by atoms with Gasteiger partial charge in [-0.2, -0.15) is 0 Å². The Balaban J connectivity index is 3.72. The molecule has 82 valence electrons. The number of carboxylic acid groups (broad SMARTS) is 1. The number of hydrogen-bond donors (Lipinski definition) is 1. The predicted octanol–water partition coefficient (Wildman–Crippen LogP) is 0.383. The van der Waals surface area contributed by atoms with Gasteiger partial charge in [-0.15, -0.1) is 0 Å². The lowest BCUT2D eigenvalue weighted by atomic mass is 10.2. The van der Waals surface area contributed by atoms with Crippen molar-refractivity contribution in [3.63, 3.8) is 0 Å². The van der Waals surface area contributed by atoms with Crippen LogP contribution in [0.2, 0.25) is 0 Å². The third-order valence-electron chi connectivity index (χ3n) is 1.18. The second kappa shape index (κ2) is 5.47. The summed E-state index contributed by atoms with van der Waals surface area (Å²) in [5, 5.41) is 19.3. The van der Waals surface area contributed by atoms with Crippen molar-refractivity contribution in [3.05, 3.63) is 0 Å². The number of aliphatic imine (C=N–C) groups is 1. The van der Waals surface area contributed by atoms with Gasteiger partial charge in [0.1, 0.15) is 6.08 Å². The lowest BCUT2D eigenvalue weighted by molar-refractivity contribution is -0.260. The van der Waals surface area contributed by atoms with E-state index in [9.17, 15) is 9.90 Å². The van der Waals surface area contributed by atoms with Crippen molar-refractivity contribution in [2.24, 2.45) is 4.99 Å². The molecule has 0 aromatic carbocycles. The molecule has 5 heteroatoms. The van der Waals surface area contributed by atoms with Crippen LogP contribution in [0.25, 0.3) is 0 Å². The van der Waals surface area contributed by atoms with E-state index in [2.05, 4.69) is 4.99 Å². The molecule has 0 fully saturated rings. The number of nitrogens with zero attached hydrogens (tertiary/aromatic N) is 1. The normalized spacial score (nSPS) is 12.6. The van der Waals surface area contributed by atoms with Crippen LogP contribution in [-0.2, 0) is 9.53 Å². The summed E-state index contributed by atoms with van der Waals surface area (Å²) >= 11 is 0. The Morgan fingerprint density at radius 2 is 2.07 bits per heavy atom. The number of ether oxygens (including phenoxy) is 1. The van der Waals surface area contributed by atoms with Gasteiger partial charge in [-0.05, 0) is 6.42 Å². The number of rotatable bonds is 4.